The van der Waals surface area contributed by atoms with Gasteiger partial charge in [-0.25, -0.2) is 9.59 Å². The second-order valence-electron chi connectivity index (χ2n) is 4.55. The molecule has 7 heteroatoms. The first-order valence-electron chi connectivity index (χ1n) is 5.53. The molecule has 104 valence electrons. The molecule has 0 aliphatic rings. The van der Waals surface area contributed by atoms with E-state index in [-0.39, 0.29) is 6.61 Å². The molecule has 0 spiro atoms. The first kappa shape index (κ1) is 16.2. The van der Waals surface area contributed by atoms with E-state index in [9.17, 15) is 14.4 Å². The molecule has 0 rings (SSSR count). The summed E-state index contributed by atoms with van der Waals surface area (Å²) in [6.07, 6.45) is -1.33. The van der Waals surface area contributed by atoms with Gasteiger partial charge in [0.25, 0.3) is 0 Å². The Labute approximate surface area is 105 Å². The van der Waals surface area contributed by atoms with E-state index in [1.165, 1.54) is 0 Å². The molecule has 7 nitrogen and oxygen atoms in total. The Morgan fingerprint density at radius 1 is 1.28 bits per heavy atom. The van der Waals surface area contributed by atoms with Gasteiger partial charge >= 0.3 is 18.0 Å². The van der Waals surface area contributed by atoms with Gasteiger partial charge in [0.15, 0.2) is 0 Å². The Bertz CT molecular complexity index is 320. The first-order valence-corrected chi connectivity index (χ1v) is 5.53. The number of alkyl carbamates (subject to hydrolysis) is 1. The normalized spacial score (nSPS) is 12.4. The Hall–Kier alpha value is -1.79. The number of carboxylic acids is 1. The SMILES string of the molecule is CCOC(=O)C[C@@H](NC(=O)OC(C)(C)C)C(=O)O. The standard InChI is InChI=1S/C11H19NO6/c1-5-17-8(13)6-7(9(14)15)12-10(16)18-11(2,3)4/h7H,5-6H2,1-4H3,(H,12,16)(H,14,15)/t7-/m1/s1. The minimum atomic E-state index is -1.36. The Balaban J connectivity index is 4.41. The van der Waals surface area contributed by atoms with Gasteiger partial charge in [-0.3, -0.25) is 4.79 Å². The number of carboxylic acid groups (broad SMARTS) is 1. The van der Waals surface area contributed by atoms with Gasteiger partial charge in [0.05, 0.1) is 13.0 Å². The number of ether oxygens (including phenoxy) is 2. The number of nitrogens with one attached hydrogen (secondary N) is 1. The summed E-state index contributed by atoms with van der Waals surface area (Å²) in [5, 5.41) is 11.0. The molecule has 18 heavy (non-hydrogen) atoms. The van der Waals surface area contributed by atoms with Gasteiger partial charge in [-0.05, 0) is 27.7 Å². The molecule has 1 atom stereocenters. The van der Waals surface area contributed by atoms with Crippen LogP contribution in [-0.4, -0.2) is 41.4 Å². The lowest BCUT2D eigenvalue weighted by atomic mass is 10.2. The minimum absolute atomic E-state index is 0.150. The van der Waals surface area contributed by atoms with E-state index in [2.05, 4.69) is 10.1 Å². The zero-order valence-corrected chi connectivity index (χ0v) is 11.0. The van der Waals surface area contributed by atoms with E-state index in [0.29, 0.717) is 0 Å². The predicted molar refractivity (Wildman–Crippen MR) is 62.0 cm³/mol. The van der Waals surface area contributed by atoms with Gasteiger partial charge in [-0.2, -0.15) is 0 Å². The molecule has 0 aromatic rings. The van der Waals surface area contributed by atoms with Crippen LogP contribution in [0.5, 0.6) is 0 Å². The topological polar surface area (TPSA) is 102 Å². The number of aliphatic carboxylic acids is 1. The van der Waals surface area contributed by atoms with Crippen molar-refractivity contribution >= 4 is 18.0 Å². The molecule has 0 aliphatic heterocycles. The van der Waals surface area contributed by atoms with Crippen LogP contribution in [0.4, 0.5) is 4.79 Å². The largest absolute Gasteiger partial charge is 0.480 e. The number of carbonyl (C=O) groups is 3. The van der Waals surface area contributed by atoms with Gasteiger partial charge in [0, 0.05) is 0 Å². The van der Waals surface area contributed by atoms with Crippen molar-refractivity contribution in [1.82, 2.24) is 5.32 Å². The molecule has 1 amide bonds. The fraction of sp³-hybridized carbons (Fsp3) is 0.727. The number of rotatable bonds is 5. The van der Waals surface area contributed by atoms with E-state index in [1.807, 2.05) is 0 Å². The monoisotopic (exact) mass is 261 g/mol. The van der Waals surface area contributed by atoms with E-state index in [4.69, 9.17) is 9.84 Å². The summed E-state index contributed by atoms with van der Waals surface area (Å²) in [5.41, 5.74) is -0.739. The number of hydrogen-bond acceptors (Lipinski definition) is 5. The number of esters is 1. The molecule has 0 saturated carbocycles. The first-order chi connectivity index (χ1) is 8.15. The highest BCUT2D eigenvalue weighted by molar-refractivity contribution is 5.85. The van der Waals surface area contributed by atoms with Gasteiger partial charge < -0.3 is 19.9 Å². The quantitative estimate of drug-likeness (QED) is 0.713. The molecule has 0 unspecified atom stereocenters. The highest BCUT2D eigenvalue weighted by Crippen LogP contribution is 2.07. The van der Waals surface area contributed by atoms with Crippen LogP contribution in [0.25, 0.3) is 0 Å². The van der Waals surface area contributed by atoms with E-state index in [0.717, 1.165) is 0 Å². The molecule has 0 radical (unpaired) electrons. The number of amides is 1. The van der Waals surface area contributed by atoms with Crippen molar-refractivity contribution in [2.75, 3.05) is 6.61 Å². The molecule has 0 aromatic carbocycles. The summed E-state index contributed by atoms with van der Waals surface area (Å²) in [5.74, 6) is -2.02. The van der Waals surface area contributed by atoms with Crippen molar-refractivity contribution in [3.05, 3.63) is 0 Å². The lowest BCUT2D eigenvalue weighted by molar-refractivity contribution is -0.149. The van der Waals surface area contributed by atoms with Crippen molar-refractivity contribution in [2.45, 2.75) is 45.8 Å². The predicted octanol–water partition coefficient (Wildman–Crippen LogP) is 0.918. The maximum Gasteiger partial charge on any atom is 0.408 e. The zero-order chi connectivity index (χ0) is 14.3. The van der Waals surface area contributed by atoms with Crippen LogP contribution in [0, 0.1) is 0 Å². The van der Waals surface area contributed by atoms with Gasteiger partial charge in [-0.1, -0.05) is 0 Å². The van der Waals surface area contributed by atoms with Gasteiger partial charge in [0.2, 0.25) is 0 Å². The van der Waals surface area contributed by atoms with Crippen molar-refractivity contribution in [1.29, 1.82) is 0 Å². The summed E-state index contributed by atoms with van der Waals surface area (Å²) >= 11 is 0. The molecule has 0 aromatic heterocycles. The van der Waals surface area contributed by atoms with Crippen LogP contribution < -0.4 is 5.32 Å². The van der Waals surface area contributed by atoms with Crippen LogP contribution in [0.1, 0.15) is 34.1 Å². The Morgan fingerprint density at radius 2 is 1.83 bits per heavy atom. The summed E-state index contributed by atoms with van der Waals surface area (Å²) in [7, 11) is 0. The average molecular weight is 261 g/mol. The molecule has 0 saturated heterocycles. The van der Waals surface area contributed by atoms with Gasteiger partial charge in [-0.15, -0.1) is 0 Å². The second kappa shape index (κ2) is 6.83. The van der Waals surface area contributed by atoms with Crippen molar-refractivity contribution in [2.24, 2.45) is 0 Å². The molecule has 0 fully saturated rings. The molecular weight excluding hydrogens is 242 g/mol. The summed E-state index contributed by atoms with van der Waals surface area (Å²) in [6.45, 7) is 6.70. The van der Waals surface area contributed by atoms with Crippen molar-refractivity contribution in [3.8, 4) is 0 Å². The maximum absolute atomic E-state index is 11.4. The summed E-state index contributed by atoms with van der Waals surface area (Å²) in [4.78, 5) is 33.4. The second-order valence-corrected chi connectivity index (χ2v) is 4.55. The van der Waals surface area contributed by atoms with E-state index in [1.54, 1.807) is 27.7 Å². The zero-order valence-electron chi connectivity index (χ0n) is 11.0. The lowest BCUT2D eigenvalue weighted by Crippen LogP contribution is -2.44. The van der Waals surface area contributed by atoms with Gasteiger partial charge in [0.1, 0.15) is 11.6 Å². The number of carbonyl (C=O) groups excluding carboxylic acids is 2. The van der Waals surface area contributed by atoms with E-state index >= 15 is 0 Å². The lowest BCUT2D eigenvalue weighted by Gasteiger charge is -2.21. The fourth-order valence-electron chi connectivity index (χ4n) is 1.04. The third-order valence-electron chi connectivity index (χ3n) is 1.67. The van der Waals surface area contributed by atoms with E-state index < -0.39 is 36.1 Å². The van der Waals surface area contributed by atoms with Crippen molar-refractivity contribution in [3.63, 3.8) is 0 Å². The molecule has 0 bridgehead atoms. The van der Waals surface area contributed by atoms with Crippen LogP contribution in [0.2, 0.25) is 0 Å². The summed E-state index contributed by atoms with van der Waals surface area (Å²) in [6, 6.07) is -1.36. The van der Waals surface area contributed by atoms with Crippen LogP contribution in [0.15, 0.2) is 0 Å². The summed E-state index contributed by atoms with van der Waals surface area (Å²) < 4.78 is 9.51. The van der Waals surface area contributed by atoms with Crippen LogP contribution in [-0.2, 0) is 19.1 Å². The highest BCUT2D eigenvalue weighted by atomic mass is 16.6. The molecule has 2 N–H and O–H groups in total. The highest BCUT2D eigenvalue weighted by Gasteiger charge is 2.26. The van der Waals surface area contributed by atoms with Crippen LogP contribution in [0.3, 0.4) is 0 Å². The van der Waals surface area contributed by atoms with Crippen LogP contribution >= 0.6 is 0 Å². The fourth-order valence-corrected chi connectivity index (χ4v) is 1.04. The minimum Gasteiger partial charge on any atom is -0.480 e. The average Bonchev–Trinajstić information content (AvgIpc) is 2.13. The Morgan fingerprint density at radius 3 is 2.22 bits per heavy atom. The smallest absolute Gasteiger partial charge is 0.408 e. The molecule has 0 aliphatic carbocycles. The number of hydrogen-bond donors (Lipinski definition) is 2. The van der Waals surface area contributed by atoms with Crippen molar-refractivity contribution < 1.29 is 29.0 Å². The third kappa shape index (κ3) is 7.48. The Kier molecular flexibility index (Phi) is 6.15. The molecule has 0 heterocycles. The maximum atomic E-state index is 11.4. The molecular formula is C11H19NO6. The third-order valence-corrected chi connectivity index (χ3v) is 1.67.